The summed E-state index contributed by atoms with van der Waals surface area (Å²) in [6.07, 6.45) is 5.34. The van der Waals surface area contributed by atoms with Gasteiger partial charge in [-0.25, -0.2) is 4.98 Å². The van der Waals surface area contributed by atoms with E-state index >= 15 is 0 Å². The van der Waals surface area contributed by atoms with Gasteiger partial charge in [0, 0.05) is 44.7 Å². The van der Waals surface area contributed by atoms with E-state index in [1.165, 1.54) is 17.4 Å². The molecule has 0 spiro atoms. The molecule has 3 fully saturated rings. The smallest absolute Gasteiger partial charge is 0.267 e. The van der Waals surface area contributed by atoms with Crippen LogP contribution in [0.3, 0.4) is 0 Å². The molecule has 3 aliphatic rings. The van der Waals surface area contributed by atoms with E-state index in [0.29, 0.717) is 45.9 Å². The Bertz CT molecular complexity index is 1480. The Morgan fingerprint density at radius 2 is 1.84 bits per heavy atom. The summed E-state index contributed by atoms with van der Waals surface area (Å²) in [5.41, 5.74) is 2.96. The van der Waals surface area contributed by atoms with E-state index in [1.54, 1.807) is 21.6 Å². The number of hydrogen-bond acceptors (Lipinski definition) is 8. The lowest BCUT2D eigenvalue weighted by molar-refractivity contribution is -0.123. The van der Waals surface area contributed by atoms with Gasteiger partial charge in [0.1, 0.15) is 15.8 Å². The number of piperazine rings is 1. The number of nitrogens with zero attached hydrogens (tertiary/aromatic N) is 5. The van der Waals surface area contributed by atoms with Gasteiger partial charge in [0.2, 0.25) is 0 Å². The number of rotatable bonds is 5. The van der Waals surface area contributed by atoms with E-state index in [9.17, 15) is 9.59 Å². The zero-order chi connectivity index (χ0) is 26.2. The summed E-state index contributed by atoms with van der Waals surface area (Å²) in [5, 5.41) is 0. The summed E-state index contributed by atoms with van der Waals surface area (Å²) < 4.78 is 7.79. The van der Waals surface area contributed by atoms with Crippen molar-refractivity contribution < 1.29 is 9.53 Å². The van der Waals surface area contributed by atoms with E-state index in [4.69, 9.17) is 21.9 Å². The molecule has 196 valence electrons. The Morgan fingerprint density at radius 3 is 2.58 bits per heavy atom. The minimum Gasteiger partial charge on any atom is -0.376 e. The molecule has 2 aromatic heterocycles. The summed E-state index contributed by atoms with van der Waals surface area (Å²) in [6.45, 7) is 6.16. The topological polar surface area (TPSA) is 70.4 Å². The fourth-order valence-corrected chi connectivity index (χ4v) is 6.52. The number of carbonyl (C=O) groups excluding carboxylic acids is 1. The highest BCUT2D eigenvalue weighted by atomic mass is 32.2. The van der Waals surface area contributed by atoms with Crippen molar-refractivity contribution >= 4 is 57.4 Å². The molecule has 8 nitrogen and oxygen atoms in total. The molecule has 5 heterocycles. The highest BCUT2D eigenvalue weighted by Crippen LogP contribution is 2.34. The van der Waals surface area contributed by atoms with Crippen LogP contribution in [0.5, 0.6) is 0 Å². The van der Waals surface area contributed by atoms with Crippen molar-refractivity contribution in [3.8, 4) is 0 Å². The fraction of sp³-hybridized carbons (Fsp3) is 0.357. The number of para-hydroxylation sites is 1. The van der Waals surface area contributed by atoms with Gasteiger partial charge in [-0.1, -0.05) is 48.2 Å². The minimum absolute atomic E-state index is 0.00394. The Hall–Kier alpha value is -3.21. The lowest BCUT2D eigenvalue weighted by atomic mass is 10.2. The van der Waals surface area contributed by atoms with Crippen molar-refractivity contribution in [2.75, 3.05) is 49.1 Å². The Balaban J connectivity index is 1.35. The summed E-state index contributed by atoms with van der Waals surface area (Å²) in [4.78, 5) is 38.7. The number of thiocarbonyl (C=S) groups is 1. The molecule has 0 N–H and O–H groups in total. The molecule has 0 radical (unpaired) electrons. The minimum atomic E-state index is -0.191. The average Bonchev–Trinajstić information content (AvgIpc) is 3.55. The zero-order valence-corrected chi connectivity index (χ0v) is 22.8. The molecule has 3 saturated heterocycles. The quantitative estimate of drug-likeness (QED) is 0.354. The van der Waals surface area contributed by atoms with Crippen LogP contribution in [0, 0.1) is 6.92 Å². The monoisotopic (exact) mass is 547 g/mol. The molecule has 6 rings (SSSR count). The van der Waals surface area contributed by atoms with Gasteiger partial charge in [0.15, 0.2) is 0 Å². The van der Waals surface area contributed by atoms with E-state index in [1.807, 2.05) is 37.3 Å². The molecule has 1 amide bonds. The zero-order valence-electron chi connectivity index (χ0n) is 21.2. The number of thioether (sulfide) groups is 1. The Labute approximate surface area is 230 Å². The molecule has 1 unspecified atom stereocenters. The number of amides is 1. The van der Waals surface area contributed by atoms with Crippen molar-refractivity contribution in [3.05, 3.63) is 75.0 Å². The van der Waals surface area contributed by atoms with Gasteiger partial charge >= 0.3 is 0 Å². The number of anilines is 2. The number of carbonyl (C=O) groups is 1. The second-order valence-electron chi connectivity index (χ2n) is 9.78. The van der Waals surface area contributed by atoms with E-state index < -0.39 is 0 Å². The maximum absolute atomic E-state index is 13.8. The first kappa shape index (κ1) is 25.1. The predicted octanol–water partition coefficient (Wildman–Crippen LogP) is 3.71. The maximum Gasteiger partial charge on any atom is 0.267 e. The van der Waals surface area contributed by atoms with E-state index in [-0.39, 0.29) is 17.6 Å². The van der Waals surface area contributed by atoms with Crippen molar-refractivity contribution in [2.45, 2.75) is 25.9 Å². The Morgan fingerprint density at radius 1 is 1.08 bits per heavy atom. The van der Waals surface area contributed by atoms with Gasteiger partial charge in [-0.05, 0) is 49.6 Å². The third kappa shape index (κ3) is 4.72. The SMILES string of the molecule is Cc1cccn2c(=O)c(C=C3SC(=S)N(CC4CCCO4)C3=O)c(N3CCN(c4ccccc4)CC3)nc12. The van der Waals surface area contributed by atoms with Crippen LogP contribution in [0.25, 0.3) is 11.7 Å². The van der Waals surface area contributed by atoms with Crippen LogP contribution in [0.2, 0.25) is 0 Å². The number of hydrogen-bond donors (Lipinski definition) is 0. The molecule has 3 aromatic rings. The van der Waals surface area contributed by atoms with Gasteiger partial charge in [-0.3, -0.25) is 18.9 Å². The molecule has 10 heteroatoms. The lowest BCUT2D eigenvalue weighted by Gasteiger charge is -2.37. The second-order valence-corrected chi connectivity index (χ2v) is 11.5. The molecule has 38 heavy (non-hydrogen) atoms. The molecule has 0 bridgehead atoms. The van der Waals surface area contributed by atoms with Crippen LogP contribution in [0.1, 0.15) is 24.0 Å². The first-order chi connectivity index (χ1) is 18.5. The molecule has 1 aromatic carbocycles. The average molecular weight is 548 g/mol. The van der Waals surface area contributed by atoms with Crippen molar-refractivity contribution in [2.24, 2.45) is 0 Å². The van der Waals surface area contributed by atoms with Gasteiger partial charge < -0.3 is 14.5 Å². The highest BCUT2D eigenvalue weighted by molar-refractivity contribution is 8.26. The van der Waals surface area contributed by atoms with Crippen LogP contribution in [0.15, 0.2) is 58.4 Å². The fourth-order valence-electron chi connectivity index (χ4n) is 5.26. The predicted molar refractivity (Wildman–Crippen MR) is 156 cm³/mol. The Kier molecular flexibility index (Phi) is 6.94. The number of benzene rings is 1. The second kappa shape index (κ2) is 10.5. The number of fused-ring (bicyclic) bond motifs is 1. The lowest BCUT2D eigenvalue weighted by Crippen LogP contribution is -2.47. The van der Waals surface area contributed by atoms with Crippen LogP contribution in [-0.4, -0.2) is 69.9 Å². The van der Waals surface area contributed by atoms with Crippen LogP contribution >= 0.6 is 24.0 Å². The van der Waals surface area contributed by atoms with Crippen molar-refractivity contribution in [3.63, 3.8) is 0 Å². The molecule has 1 atom stereocenters. The molecular weight excluding hydrogens is 518 g/mol. The number of pyridine rings is 1. The maximum atomic E-state index is 13.8. The highest BCUT2D eigenvalue weighted by Gasteiger charge is 2.35. The molecular formula is C28H29N5O3S2. The van der Waals surface area contributed by atoms with Gasteiger partial charge in [0.25, 0.3) is 11.5 Å². The normalized spacial score (nSPS) is 21.3. The van der Waals surface area contributed by atoms with Gasteiger partial charge in [-0.2, -0.15) is 0 Å². The van der Waals surface area contributed by atoms with Gasteiger partial charge in [0.05, 0.1) is 23.1 Å². The van der Waals surface area contributed by atoms with Crippen LogP contribution in [-0.2, 0) is 9.53 Å². The first-order valence-electron chi connectivity index (χ1n) is 12.9. The summed E-state index contributed by atoms with van der Waals surface area (Å²) in [5.74, 6) is 0.436. The molecule has 0 aliphatic carbocycles. The third-order valence-corrected chi connectivity index (χ3v) is 8.70. The largest absolute Gasteiger partial charge is 0.376 e. The number of ether oxygens (including phenoxy) is 1. The molecule has 0 saturated carbocycles. The number of aryl methyl sites for hydroxylation is 1. The summed E-state index contributed by atoms with van der Waals surface area (Å²) in [7, 11) is 0. The number of aromatic nitrogens is 2. The van der Waals surface area contributed by atoms with Gasteiger partial charge in [-0.15, -0.1) is 0 Å². The van der Waals surface area contributed by atoms with Crippen LogP contribution < -0.4 is 15.4 Å². The summed E-state index contributed by atoms with van der Waals surface area (Å²) >= 11 is 6.79. The van der Waals surface area contributed by atoms with Crippen LogP contribution in [0.4, 0.5) is 11.5 Å². The first-order valence-corrected chi connectivity index (χ1v) is 14.2. The van der Waals surface area contributed by atoms with Crippen molar-refractivity contribution in [1.29, 1.82) is 0 Å². The van der Waals surface area contributed by atoms with Crippen molar-refractivity contribution in [1.82, 2.24) is 14.3 Å². The third-order valence-electron chi connectivity index (χ3n) is 7.32. The van der Waals surface area contributed by atoms with E-state index in [0.717, 1.165) is 38.1 Å². The standard InChI is InChI=1S/C28H29N5O3S2/c1-19-7-5-11-32-24(19)29-25(31-14-12-30(13-15-31)20-8-3-2-4-9-20)22(26(32)34)17-23-27(35)33(28(37)38-23)18-21-10-6-16-36-21/h2-5,7-9,11,17,21H,6,10,12-16,18H2,1H3. The van der Waals surface area contributed by atoms with E-state index in [2.05, 4.69) is 21.9 Å². The summed E-state index contributed by atoms with van der Waals surface area (Å²) in [6, 6.07) is 14.1. The molecule has 3 aliphatic heterocycles.